The maximum Gasteiger partial charge on any atom is 0.228 e. The maximum atomic E-state index is 13.5. The maximum absolute atomic E-state index is 13.5. The average Bonchev–Trinajstić information content (AvgIpc) is 2.41. The Bertz CT molecular complexity index is 699. The summed E-state index contributed by atoms with van der Waals surface area (Å²) in [5.74, 6) is -2.38. The quantitative estimate of drug-likeness (QED) is 0.852. The Morgan fingerprint density at radius 2 is 1.90 bits per heavy atom. The largest absolute Gasteiger partial charge is 0.398 e. The van der Waals surface area contributed by atoms with Gasteiger partial charge in [0.2, 0.25) is 5.91 Å². The standard InChI is InChI=1S/C16H16F2N2O/c1-9-6-10(2)14(8-13(9)19)20-15(21)7-11-4-3-5-12(17)16(11)18/h3-6,8H,7,19H2,1-2H3,(H,20,21). The summed E-state index contributed by atoms with van der Waals surface area (Å²) in [6, 6.07) is 7.28. The number of hydrogen-bond acceptors (Lipinski definition) is 2. The molecule has 0 radical (unpaired) electrons. The lowest BCUT2D eigenvalue weighted by atomic mass is 10.1. The fraction of sp³-hybridized carbons (Fsp3) is 0.188. The van der Waals surface area contributed by atoms with Crippen LogP contribution < -0.4 is 11.1 Å². The van der Waals surface area contributed by atoms with E-state index in [1.807, 2.05) is 19.9 Å². The molecular weight excluding hydrogens is 274 g/mol. The molecule has 0 heterocycles. The van der Waals surface area contributed by atoms with E-state index in [0.29, 0.717) is 11.4 Å². The average molecular weight is 290 g/mol. The smallest absolute Gasteiger partial charge is 0.228 e. The fourth-order valence-electron chi connectivity index (χ4n) is 2.06. The van der Waals surface area contributed by atoms with Crippen LogP contribution in [0.4, 0.5) is 20.2 Å². The van der Waals surface area contributed by atoms with Crippen molar-refractivity contribution in [2.24, 2.45) is 0 Å². The van der Waals surface area contributed by atoms with E-state index in [1.54, 1.807) is 6.07 Å². The minimum atomic E-state index is -0.993. The van der Waals surface area contributed by atoms with Gasteiger partial charge in [0, 0.05) is 16.9 Å². The minimum absolute atomic E-state index is 0.0187. The van der Waals surface area contributed by atoms with Crippen LogP contribution >= 0.6 is 0 Å². The first-order valence-electron chi connectivity index (χ1n) is 6.48. The molecule has 2 aromatic carbocycles. The zero-order valence-electron chi connectivity index (χ0n) is 11.8. The molecule has 0 fully saturated rings. The van der Waals surface area contributed by atoms with E-state index in [0.717, 1.165) is 17.2 Å². The van der Waals surface area contributed by atoms with Crippen molar-refractivity contribution in [2.45, 2.75) is 20.3 Å². The SMILES string of the molecule is Cc1cc(C)c(NC(=O)Cc2cccc(F)c2F)cc1N. The van der Waals surface area contributed by atoms with Crippen LogP contribution in [0.1, 0.15) is 16.7 Å². The Kier molecular flexibility index (Phi) is 4.21. The van der Waals surface area contributed by atoms with Gasteiger partial charge in [-0.1, -0.05) is 18.2 Å². The topological polar surface area (TPSA) is 55.1 Å². The highest BCUT2D eigenvalue weighted by molar-refractivity contribution is 5.93. The van der Waals surface area contributed by atoms with Crippen molar-refractivity contribution in [1.29, 1.82) is 0 Å². The van der Waals surface area contributed by atoms with Gasteiger partial charge in [-0.3, -0.25) is 4.79 Å². The summed E-state index contributed by atoms with van der Waals surface area (Å²) in [6.45, 7) is 3.71. The second kappa shape index (κ2) is 5.91. The molecule has 2 aromatic rings. The summed E-state index contributed by atoms with van der Waals surface area (Å²) in [5.41, 5.74) is 8.73. The third kappa shape index (κ3) is 3.37. The highest BCUT2D eigenvalue weighted by Gasteiger charge is 2.13. The third-order valence-electron chi connectivity index (χ3n) is 3.27. The van der Waals surface area contributed by atoms with Crippen molar-refractivity contribution in [1.82, 2.24) is 0 Å². The number of aryl methyl sites for hydroxylation is 2. The molecule has 3 nitrogen and oxygen atoms in total. The van der Waals surface area contributed by atoms with E-state index < -0.39 is 17.5 Å². The molecule has 0 spiro atoms. The number of hydrogen-bond donors (Lipinski definition) is 2. The molecule has 0 atom stereocenters. The number of nitrogen functional groups attached to an aromatic ring is 1. The van der Waals surface area contributed by atoms with Gasteiger partial charge in [0.05, 0.1) is 6.42 Å². The number of carbonyl (C=O) groups is 1. The Hall–Kier alpha value is -2.43. The highest BCUT2D eigenvalue weighted by Crippen LogP contribution is 2.22. The van der Waals surface area contributed by atoms with E-state index >= 15 is 0 Å². The molecular formula is C16H16F2N2O. The molecule has 1 amide bonds. The molecule has 5 heteroatoms. The van der Waals surface area contributed by atoms with Gasteiger partial charge >= 0.3 is 0 Å². The second-order valence-corrected chi connectivity index (χ2v) is 4.96. The number of rotatable bonds is 3. The number of nitrogens with two attached hydrogens (primary N) is 1. The molecule has 3 N–H and O–H groups in total. The molecule has 0 bridgehead atoms. The third-order valence-corrected chi connectivity index (χ3v) is 3.27. The Labute approximate surface area is 121 Å². The van der Waals surface area contributed by atoms with Gasteiger partial charge in [-0.15, -0.1) is 0 Å². The molecule has 21 heavy (non-hydrogen) atoms. The minimum Gasteiger partial charge on any atom is -0.398 e. The van der Waals surface area contributed by atoms with Gasteiger partial charge in [0.15, 0.2) is 11.6 Å². The summed E-state index contributed by atoms with van der Waals surface area (Å²) >= 11 is 0. The fourth-order valence-corrected chi connectivity index (χ4v) is 2.06. The van der Waals surface area contributed by atoms with Crippen LogP contribution in [0, 0.1) is 25.5 Å². The van der Waals surface area contributed by atoms with Crippen molar-refractivity contribution in [2.75, 3.05) is 11.1 Å². The van der Waals surface area contributed by atoms with E-state index in [1.165, 1.54) is 12.1 Å². The first-order chi connectivity index (χ1) is 9.88. The number of benzene rings is 2. The summed E-state index contributed by atoms with van der Waals surface area (Å²) in [7, 11) is 0. The number of carbonyl (C=O) groups excluding carboxylic acids is 1. The molecule has 2 rings (SSSR count). The van der Waals surface area contributed by atoms with Gasteiger partial charge in [0.25, 0.3) is 0 Å². The zero-order chi connectivity index (χ0) is 15.6. The lowest BCUT2D eigenvalue weighted by Crippen LogP contribution is -2.16. The first-order valence-corrected chi connectivity index (χ1v) is 6.48. The van der Waals surface area contributed by atoms with Crippen molar-refractivity contribution in [3.63, 3.8) is 0 Å². The van der Waals surface area contributed by atoms with E-state index in [4.69, 9.17) is 5.73 Å². The predicted octanol–water partition coefficient (Wildman–Crippen LogP) is 3.35. The summed E-state index contributed by atoms with van der Waals surface area (Å²) in [4.78, 5) is 12.0. The van der Waals surface area contributed by atoms with Crippen molar-refractivity contribution >= 4 is 17.3 Å². The molecule has 0 saturated heterocycles. The van der Waals surface area contributed by atoms with Crippen LogP contribution in [0.3, 0.4) is 0 Å². The van der Waals surface area contributed by atoms with Crippen molar-refractivity contribution < 1.29 is 13.6 Å². The monoisotopic (exact) mass is 290 g/mol. The molecule has 0 aliphatic carbocycles. The molecule has 0 aliphatic rings. The number of anilines is 2. The molecule has 0 aromatic heterocycles. The van der Waals surface area contributed by atoms with E-state index in [9.17, 15) is 13.6 Å². The van der Waals surface area contributed by atoms with Gasteiger partial charge < -0.3 is 11.1 Å². The lowest BCUT2D eigenvalue weighted by Gasteiger charge is -2.11. The Balaban J connectivity index is 2.16. The van der Waals surface area contributed by atoms with Crippen LogP contribution in [0.15, 0.2) is 30.3 Å². The number of amides is 1. The number of nitrogens with one attached hydrogen (secondary N) is 1. The Morgan fingerprint density at radius 1 is 1.19 bits per heavy atom. The van der Waals surface area contributed by atoms with Crippen LogP contribution in [-0.4, -0.2) is 5.91 Å². The van der Waals surface area contributed by atoms with Gasteiger partial charge in [-0.2, -0.15) is 0 Å². The predicted molar refractivity (Wildman–Crippen MR) is 79.0 cm³/mol. The summed E-state index contributed by atoms with van der Waals surface area (Å²) in [5, 5.41) is 2.67. The lowest BCUT2D eigenvalue weighted by molar-refractivity contribution is -0.115. The summed E-state index contributed by atoms with van der Waals surface area (Å²) < 4.78 is 26.6. The van der Waals surface area contributed by atoms with Crippen LogP contribution in [0.5, 0.6) is 0 Å². The summed E-state index contributed by atoms with van der Waals surface area (Å²) in [6.07, 6.45) is -0.239. The van der Waals surface area contributed by atoms with Gasteiger partial charge in [-0.25, -0.2) is 8.78 Å². The molecule has 0 aliphatic heterocycles. The first kappa shape index (κ1) is 15.0. The highest BCUT2D eigenvalue weighted by atomic mass is 19.2. The van der Waals surface area contributed by atoms with Crippen LogP contribution in [0.2, 0.25) is 0 Å². The molecule has 0 unspecified atom stereocenters. The zero-order valence-corrected chi connectivity index (χ0v) is 11.8. The molecule has 0 saturated carbocycles. The Morgan fingerprint density at radius 3 is 2.62 bits per heavy atom. The number of halogens is 2. The van der Waals surface area contributed by atoms with Crippen LogP contribution in [-0.2, 0) is 11.2 Å². The van der Waals surface area contributed by atoms with Crippen molar-refractivity contribution in [3.8, 4) is 0 Å². The van der Waals surface area contributed by atoms with Crippen molar-refractivity contribution in [3.05, 3.63) is 58.7 Å². The van der Waals surface area contributed by atoms with Gasteiger partial charge in [-0.05, 0) is 37.1 Å². The van der Waals surface area contributed by atoms with Crippen LogP contribution in [0.25, 0.3) is 0 Å². The van der Waals surface area contributed by atoms with Gasteiger partial charge in [0.1, 0.15) is 0 Å². The normalized spacial score (nSPS) is 10.5. The van der Waals surface area contributed by atoms with E-state index in [-0.39, 0.29) is 12.0 Å². The molecule has 110 valence electrons. The second-order valence-electron chi connectivity index (χ2n) is 4.96. The van der Waals surface area contributed by atoms with E-state index in [2.05, 4.69) is 5.32 Å².